The number of carbonyl (C=O) groups excluding carboxylic acids is 2. The fraction of sp³-hybridized carbons (Fsp3) is 0.263. The number of ketones is 2. The van der Waals surface area contributed by atoms with E-state index in [0.29, 0.717) is 48.0 Å². The molecule has 0 amide bonds. The molecule has 4 nitrogen and oxygen atoms in total. The Labute approximate surface area is 145 Å². The molecule has 1 aliphatic carbocycles. The number of rotatable bonds is 2. The van der Waals surface area contributed by atoms with E-state index in [9.17, 15) is 9.59 Å². The minimum Gasteiger partial charge on any atom is -0.379 e. The van der Waals surface area contributed by atoms with Crippen molar-refractivity contribution in [3.8, 4) is 0 Å². The van der Waals surface area contributed by atoms with E-state index in [1.807, 2.05) is 4.90 Å². The highest BCUT2D eigenvalue weighted by molar-refractivity contribution is 6.33. The first-order valence-corrected chi connectivity index (χ1v) is 8.31. The molecule has 1 saturated heterocycles. The lowest BCUT2D eigenvalue weighted by atomic mass is 9.82. The quantitative estimate of drug-likeness (QED) is 0.788. The molecule has 0 aromatic heterocycles. The van der Waals surface area contributed by atoms with E-state index >= 15 is 0 Å². The summed E-state index contributed by atoms with van der Waals surface area (Å²) in [4.78, 5) is 28.7. The van der Waals surface area contributed by atoms with Crippen molar-refractivity contribution in [2.75, 3.05) is 26.3 Å². The normalized spacial score (nSPS) is 20.2. The molecule has 0 radical (unpaired) electrons. The van der Waals surface area contributed by atoms with Crippen LogP contribution in [0.3, 0.4) is 0 Å². The Morgan fingerprint density at radius 1 is 0.875 bits per heavy atom. The molecule has 1 aliphatic heterocycles. The average Bonchev–Trinajstić information content (AvgIpc) is 2.86. The maximum absolute atomic E-state index is 13.4. The number of hydrogen-bond donors (Lipinski definition) is 0. The predicted octanol–water partition coefficient (Wildman–Crippen LogP) is 2.95. The SMILES string of the molecule is O=C1c2ccccc2C(=O)C1(c1ccc(Cl)cc1)N1CCOCC1. The Balaban J connectivity index is 1.94. The lowest BCUT2D eigenvalue weighted by Crippen LogP contribution is -2.57. The lowest BCUT2D eigenvalue weighted by Gasteiger charge is -2.40. The van der Waals surface area contributed by atoms with Crippen molar-refractivity contribution < 1.29 is 14.3 Å². The van der Waals surface area contributed by atoms with Crippen LogP contribution in [-0.4, -0.2) is 42.8 Å². The summed E-state index contributed by atoms with van der Waals surface area (Å²) in [6.07, 6.45) is 0. The molecule has 0 bridgehead atoms. The molecule has 0 unspecified atom stereocenters. The zero-order valence-electron chi connectivity index (χ0n) is 13.0. The average molecular weight is 342 g/mol. The van der Waals surface area contributed by atoms with Crippen molar-refractivity contribution in [1.82, 2.24) is 4.90 Å². The summed E-state index contributed by atoms with van der Waals surface area (Å²) < 4.78 is 5.42. The van der Waals surface area contributed by atoms with Gasteiger partial charge in [0.15, 0.2) is 17.1 Å². The van der Waals surface area contributed by atoms with Gasteiger partial charge in [0.25, 0.3) is 0 Å². The fourth-order valence-corrected chi connectivity index (χ4v) is 3.82. The second-order valence-electron chi connectivity index (χ2n) is 6.02. The molecule has 1 fully saturated rings. The van der Waals surface area contributed by atoms with Gasteiger partial charge in [-0.15, -0.1) is 0 Å². The van der Waals surface area contributed by atoms with Crippen molar-refractivity contribution in [1.29, 1.82) is 0 Å². The first-order valence-electron chi connectivity index (χ1n) is 7.93. The predicted molar refractivity (Wildman–Crippen MR) is 90.6 cm³/mol. The summed E-state index contributed by atoms with van der Waals surface area (Å²) in [6, 6.07) is 14.0. The van der Waals surface area contributed by atoms with Gasteiger partial charge in [0.05, 0.1) is 13.2 Å². The molecule has 0 N–H and O–H groups in total. The number of morpholine rings is 1. The van der Waals surface area contributed by atoms with Crippen molar-refractivity contribution in [3.63, 3.8) is 0 Å². The van der Waals surface area contributed by atoms with Crippen LogP contribution in [0, 0.1) is 0 Å². The number of fused-ring (bicyclic) bond motifs is 1. The van der Waals surface area contributed by atoms with Gasteiger partial charge in [0.1, 0.15) is 0 Å². The van der Waals surface area contributed by atoms with Gasteiger partial charge in [0, 0.05) is 29.2 Å². The summed E-state index contributed by atoms with van der Waals surface area (Å²) in [6.45, 7) is 2.08. The zero-order chi connectivity index (χ0) is 16.7. The Morgan fingerprint density at radius 2 is 1.42 bits per heavy atom. The van der Waals surface area contributed by atoms with E-state index in [1.54, 1.807) is 48.5 Å². The first kappa shape index (κ1) is 15.5. The number of ether oxygens (including phenoxy) is 1. The summed E-state index contributed by atoms with van der Waals surface area (Å²) in [5.41, 5.74) is 0.339. The molecule has 1 heterocycles. The van der Waals surface area contributed by atoms with E-state index in [4.69, 9.17) is 16.3 Å². The Hall–Kier alpha value is -2.01. The van der Waals surface area contributed by atoms with Gasteiger partial charge in [-0.1, -0.05) is 48.0 Å². The van der Waals surface area contributed by atoms with Gasteiger partial charge < -0.3 is 4.74 Å². The molecule has 0 atom stereocenters. The molecule has 0 spiro atoms. The molecule has 0 saturated carbocycles. The van der Waals surface area contributed by atoms with E-state index in [2.05, 4.69) is 0 Å². The van der Waals surface area contributed by atoms with Gasteiger partial charge in [-0.3, -0.25) is 14.5 Å². The van der Waals surface area contributed by atoms with Crippen LogP contribution in [-0.2, 0) is 10.3 Å². The minimum atomic E-state index is -1.31. The highest BCUT2D eigenvalue weighted by atomic mass is 35.5. The van der Waals surface area contributed by atoms with Crippen molar-refractivity contribution >= 4 is 23.2 Å². The van der Waals surface area contributed by atoms with Crippen LogP contribution in [0.15, 0.2) is 48.5 Å². The van der Waals surface area contributed by atoms with Crippen molar-refractivity contribution in [2.24, 2.45) is 0 Å². The number of carbonyl (C=O) groups is 2. The van der Waals surface area contributed by atoms with Crippen molar-refractivity contribution in [2.45, 2.75) is 5.54 Å². The molecule has 122 valence electrons. The van der Waals surface area contributed by atoms with Crippen LogP contribution in [0.2, 0.25) is 5.02 Å². The van der Waals surface area contributed by atoms with Crippen LogP contribution < -0.4 is 0 Å². The summed E-state index contributed by atoms with van der Waals surface area (Å²) in [5.74, 6) is -0.320. The summed E-state index contributed by atoms with van der Waals surface area (Å²) in [7, 11) is 0. The second-order valence-corrected chi connectivity index (χ2v) is 6.46. The van der Waals surface area contributed by atoms with Gasteiger partial charge in [-0.05, 0) is 17.7 Å². The smallest absolute Gasteiger partial charge is 0.196 e. The fourth-order valence-electron chi connectivity index (χ4n) is 3.69. The van der Waals surface area contributed by atoms with E-state index in [1.165, 1.54) is 0 Å². The van der Waals surface area contributed by atoms with Gasteiger partial charge >= 0.3 is 0 Å². The second kappa shape index (κ2) is 5.81. The maximum atomic E-state index is 13.4. The Bertz CT molecular complexity index is 775. The molecule has 2 aromatic carbocycles. The molecular weight excluding hydrogens is 326 g/mol. The number of benzene rings is 2. The van der Waals surface area contributed by atoms with Crippen LogP contribution in [0.5, 0.6) is 0 Å². The summed E-state index contributed by atoms with van der Waals surface area (Å²) in [5, 5.41) is 0.575. The number of Topliss-reactive ketones (excluding diaryl/α,β-unsaturated/α-hetero) is 2. The lowest BCUT2D eigenvalue weighted by molar-refractivity contribution is -0.00842. The largest absolute Gasteiger partial charge is 0.379 e. The highest BCUT2D eigenvalue weighted by Gasteiger charge is 2.57. The number of nitrogens with zero attached hydrogens (tertiary/aromatic N) is 1. The molecule has 2 aliphatic rings. The molecule has 4 rings (SSSR count). The van der Waals surface area contributed by atoms with E-state index in [-0.39, 0.29) is 11.6 Å². The first-order chi connectivity index (χ1) is 11.7. The van der Waals surface area contributed by atoms with Crippen LogP contribution in [0.25, 0.3) is 0 Å². The number of halogens is 1. The van der Waals surface area contributed by atoms with Crippen LogP contribution in [0.1, 0.15) is 26.3 Å². The van der Waals surface area contributed by atoms with E-state index in [0.717, 1.165) is 0 Å². The monoisotopic (exact) mass is 341 g/mol. The minimum absolute atomic E-state index is 0.160. The van der Waals surface area contributed by atoms with Gasteiger partial charge in [-0.2, -0.15) is 0 Å². The van der Waals surface area contributed by atoms with Crippen molar-refractivity contribution in [3.05, 3.63) is 70.2 Å². The third-order valence-corrected chi connectivity index (χ3v) is 5.07. The zero-order valence-corrected chi connectivity index (χ0v) is 13.8. The summed E-state index contributed by atoms with van der Waals surface area (Å²) >= 11 is 6.01. The molecule has 5 heteroatoms. The molecular formula is C19H16ClNO3. The molecule has 24 heavy (non-hydrogen) atoms. The van der Waals surface area contributed by atoms with Crippen LogP contribution >= 0.6 is 11.6 Å². The van der Waals surface area contributed by atoms with Gasteiger partial charge in [-0.25, -0.2) is 0 Å². The molecule has 2 aromatic rings. The van der Waals surface area contributed by atoms with E-state index < -0.39 is 5.54 Å². The standard InChI is InChI=1S/C19H16ClNO3/c20-14-7-5-13(6-8-14)19(21-9-11-24-12-10-21)17(22)15-3-1-2-4-16(15)18(19)23/h1-8H,9-12H2. The maximum Gasteiger partial charge on any atom is 0.196 e. The third-order valence-electron chi connectivity index (χ3n) is 4.82. The Morgan fingerprint density at radius 3 is 1.96 bits per heavy atom. The highest BCUT2D eigenvalue weighted by Crippen LogP contribution is 2.43. The topological polar surface area (TPSA) is 46.6 Å². The third kappa shape index (κ3) is 2.07. The van der Waals surface area contributed by atoms with Gasteiger partial charge in [0.2, 0.25) is 0 Å². The number of hydrogen-bond acceptors (Lipinski definition) is 4. The van der Waals surface area contributed by atoms with Crippen LogP contribution in [0.4, 0.5) is 0 Å². The Kier molecular flexibility index (Phi) is 3.76.